The van der Waals surface area contributed by atoms with Gasteiger partial charge in [0, 0.05) is 25.3 Å². The molecule has 1 fully saturated rings. The van der Waals surface area contributed by atoms with Crippen molar-refractivity contribution < 1.29 is 28.5 Å². The molecule has 0 spiro atoms. The summed E-state index contributed by atoms with van der Waals surface area (Å²) < 4.78 is 23.0. The number of hydrogen-bond acceptors (Lipinski definition) is 8. The summed E-state index contributed by atoms with van der Waals surface area (Å²) in [5.41, 5.74) is 2.09. The molecule has 3 aromatic rings. The van der Waals surface area contributed by atoms with Crippen LogP contribution < -0.4 is 19.5 Å². The van der Waals surface area contributed by atoms with Gasteiger partial charge in [-0.25, -0.2) is 14.8 Å². The van der Waals surface area contributed by atoms with Gasteiger partial charge in [0.1, 0.15) is 28.9 Å². The molecule has 1 saturated heterocycles. The largest absolute Gasteiger partial charge is 0.493 e. The Hall–Kier alpha value is -4.02. The number of benzene rings is 1. The highest BCUT2D eigenvalue weighted by Gasteiger charge is 2.30. The van der Waals surface area contributed by atoms with E-state index in [0.717, 1.165) is 25.7 Å². The predicted molar refractivity (Wildman–Crippen MR) is 144 cm³/mol. The molecule has 0 aliphatic carbocycles. The molecule has 0 unspecified atom stereocenters. The summed E-state index contributed by atoms with van der Waals surface area (Å²) in [6.07, 6.45) is 6.13. The van der Waals surface area contributed by atoms with Crippen molar-refractivity contribution in [2.24, 2.45) is 0 Å². The van der Waals surface area contributed by atoms with Gasteiger partial charge in [0.25, 0.3) is 5.91 Å². The van der Waals surface area contributed by atoms with E-state index in [0.29, 0.717) is 64.8 Å². The number of carbonyl (C=O) groups is 2. The lowest BCUT2D eigenvalue weighted by Gasteiger charge is -2.34. The average Bonchev–Trinajstić information content (AvgIpc) is 3.55. The lowest BCUT2D eigenvalue weighted by Crippen LogP contribution is -2.50. The number of aromatic nitrogens is 3. The van der Waals surface area contributed by atoms with E-state index < -0.39 is 5.60 Å². The molecule has 11 nitrogen and oxygen atoms in total. The van der Waals surface area contributed by atoms with E-state index in [2.05, 4.69) is 27.2 Å². The summed E-state index contributed by atoms with van der Waals surface area (Å²) in [4.78, 5) is 39.7. The molecule has 2 aliphatic rings. The number of unbranched alkanes of at least 4 members (excludes halogenated alkanes) is 1. The van der Waals surface area contributed by atoms with Crippen LogP contribution in [0.1, 0.15) is 63.7 Å². The summed E-state index contributed by atoms with van der Waals surface area (Å²) in [6.45, 7) is 9.26. The number of nitrogens with one attached hydrogen (secondary N) is 2. The molecule has 2 N–H and O–H groups in total. The van der Waals surface area contributed by atoms with Gasteiger partial charge >= 0.3 is 6.09 Å². The van der Waals surface area contributed by atoms with Crippen molar-refractivity contribution in [2.75, 3.05) is 26.5 Å². The molecule has 5 rings (SSSR count). The zero-order valence-corrected chi connectivity index (χ0v) is 22.8. The lowest BCUT2D eigenvalue weighted by molar-refractivity contribution is 0.0185. The van der Waals surface area contributed by atoms with E-state index in [1.807, 2.05) is 32.9 Å². The first-order valence-corrected chi connectivity index (χ1v) is 13.4. The van der Waals surface area contributed by atoms with Gasteiger partial charge in [-0.05, 0) is 52.2 Å². The van der Waals surface area contributed by atoms with Crippen LogP contribution in [0.15, 0.2) is 24.7 Å². The lowest BCUT2D eigenvalue weighted by atomic mass is 10.0. The van der Waals surface area contributed by atoms with E-state index in [1.165, 1.54) is 6.33 Å². The summed E-state index contributed by atoms with van der Waals surface area (Å²) in [5, 5.41) is 3.07. The SMILES string of the molecule is CCCCOc1ccc2c(c1-c1ncnc3c(C(=O)N[C@@H]4CCCN(C(=O)OC(C)(C)C)C4)c[nH]c13)OCO2. The highest BCUT2D eigenvalue weighted by atomic mass is 16.7. The highest BCUT2D eigenvalue weighted by molar-refractivity contribution is 6.08. The Kier molecular flexibility index (Phi) is 7.49. The van der Waals surface area contributed by atoms with Crippen molar-refractivity contribution >= 4 is 23.0 Å². The molecule has 0 radical (unpaired) electrons. The number of rotatable bonds is 7. The minimum absolute atomic E-state index is 0.106. The quantitative estimate of drug-likeness (QED) is 0.417. The molecule has 0 bridgehead atoms. The monoisotopic (exact) mass is 537 g/mol. The van der Waals surface area contributed by atoms with Gasteiger partial charge in [-0.15, -0.1) is 0 Å². The zero-order valence-electron chi connectivity index (χ0n) is 22.8. The first-order valence-electron chi connectivity index (χ1n) is 13.4. The van der Waals surface area contributed by atoms with Crippen LogP contribution in [0.4, 0.5) is 4.79 Å². The fourth-order valence-electron chi connectivity index (χ4n) is 4.78. The molecule has 11 heteroatoms. The Bertz CT molecular complexity index is 1360. The normalized spacial score (nSPS) is 16.8. The molecule has 2 aromatic heterocycles. The maximum atomic E-state index is 13.4. The third-order valence-corrected chi connectivity index (χ3v) is 6.61. The van der Waals surface area contributed by atoms with Crippen LogP contribution in [-0.2, 0) is 4.74 Å². The number of amides is 2. The van der Waals surface area contributed by atoms with Crippen LogP contribution in [0.5, 0.6) is 17.2 Å². The first kappa shape index (κ1) is 26.6. The minimum atomic E-state index is -0.578. The maximum Gasteiger partial charge on any atom is 0.410 e. The topological polar surface area (TPSA) is 128 Å². The van der Waals surface area contributed by atoms with Gasteiger partial charge in [0.2, 0.25) is 6.79 Å². The van der Waals surface area contributed by atoms with E-state index in [9.17, 15) is 9.59 Å². The molecule has 2 amide bonds. The van der Waals surface area contributed by atoms with Crippen LogP contribution in [0.2, 0.25) is 0 Å². The molecule has 208 valence electrons. The van der Waals surface area contributed by atoms with Crippen LogP contribution in [-0.4, -0.2) is 70.0 Å². The molecule has 1 aromatic carbocycles. The second-order valence-corrected chi connectivity index (χ2v) is 10.8. The van der Waals surface area contributed by atoms with Crippen molar-refractivity contribution in [3.8, 4) is 28.5 Å². The Labute approximate surface area is 227 Å². The van der Waals surface area contributed by atoms with Gasteiger partial charge < -0.3 is 34.1 Å². The van der Waals surface area contributed by atoms with Gasteiger partial charge in [-0.2, -0.15) is 0 Å². The number of hydrogen-bond donors (Lipinski definition) is 2. The second kappa shape index (κ2) is 11.0. The molecule has 0 saturated carbocycles. The van der Waals surface area contributed by atoms with Crippen LogP contribution in [0.3, 0.4) is 0 Å². The van der Waals surface area contributed by atoms with E-state index >= 15 is 0 Å². The Morgan fingerprint density at radius 2 is 2.08 bits per heavy atom. The molecule has 4 heterocycles. The summed E-state index contributed by atoms with van der Waals surface area (Å²) in [7, 11) is 0. The number of fused-ring (bicyclic) bond motifs is 2. The van der Waals surface area contributed by atoms with Crippen LogP contribution in [0.25, 0.3) is 22.3 Å². The van der Waals surface area contributed by atoms with Crippen molar-refractivity contribution in [1.82, 2.24) is 25.2 Å². The van der Waals surface area contributed by atoms with Gasteiger partial charge in [-0.1, -0.05) is 13.3 Å². The summed E-state index contributed by atoms with van der Waals surface area (Å²) in [5.74, 6) is 1.50. The Morgan fingerprint density at radius 3 is 2.87 bits per heavy atom. The first-order chi connectivity index (χ1) is 18.7. The van der Waals surface area contributed by atoms with Gasteiger partial charge in [0.05, 0.1) is 23.3 Å². The second-order valence-electron chi connectivity index (χ2n) is 10.8. The van der Waals surface area contributed by atoms with Crippen molar-refractivity contribution in [1.29, 1.82) is 0 Å². The molecular weight excluding hydrogens is 502 g/mol. The zero-order chi connectivity index (χ0) is 27.6. The van der Waals surface area contributed by atoms with Crippen molar-refractivity contribution in [2.45, 2.75) is 65.0 Å². The highest BCUT2D eigenvalue weighted by Crippen LogP contribution is 2.47. The summed E-state index contributed by atoms with van der Waals surface area (Å²) in [6, 6.07) is 3.47. The fraction of sp³-hybridized carbons (Fsp3) is 0.500. The number of nitrogens with zero attached hydrogens (tertiary/aromatic N) is 3. The van der Waals surface area contributed by atoms with E-state index in [-0.39, 0.29) is 24.8 Å². The maximum absolute atomic E-state index is 13.4. The third kappa shape index (κ3) is 5.71. The number of likely N-dealkylation sites (tertiary alicyclic amines) is 1. The molecule has 2 aliphatic heterocycles. The number of piperidine rings is 1. The Morgan fingerprint density at radius 1 is 1.23 bits per heavy atom. The Balaban J connectivity index is 1.40. The van der Waals surface area contributed by atoms with Gasteiger partial charge in [-0.3, -0.25) is 4.79 Å². The van der Waals surface area contributed by atoms with Gasteiger partial charge in [0.15, 0.2) is 11.5 Å². The smallest absolute Gasteiger partial charge is 0.410 e. The fourth-order valence-corrected chi connectivity index (χ4v) is 4.78. The average molecular weight is 538 g/mol. The number of carbonyl (C=O) groups excluding carboxylic acids is 2. The van der Waals surface area contributed by atoms with Crippen molar-refractivity contribution in [3.63, 3.8) is 0 Å². The van der Waals surface area contributed by atoms with E-state index in [4.69, 9.17) is 18.9 Å². The third-order valence-electron chi connectivity index (χ3n) is 6.61. The minimum Gasteiger partial charge on any atom is -0.493 e. The van der Waals surface area contributed by atoms with Crippen molar-refractivity contribution in [3.05, 3.63) is 30.2 Å². The van der Waals surface area contributed by atoms with Crippen LogP contribution in [0, 0.1) is 0 Å². The number of H-pyrrole nitrogens is 1. The summed E-state index contributed by atoms with van der Waals surface area (Å²) >= 11 is 0. The standard InChI is InChI=1S/C28H35N5O6/c1-5-6-12-36-19-9-10-20-25(38-16-37-20)21(19)23-24-22(30-15-31-23)18(13-29-24)26(34)32-17-8-7-11-33(14-17)27(35)39-28(2,3)4/h9-10,13,15,17,29H,5-8,11-12,14,16H2,1-4H3,(H,32,34)/t17-/m1/s1. The molecule has 39 heavy (non-hydrogen) atoms. The molecule has 1 atom stereocenters. The van der Waals surface area contributed by atoms with Crippen LogP contribution >= 0.6 is 0 Å². The number of ether oxygens (including phenoxy) is 4. The number of aromatic amines is 1. The predicted octanol–water partition coefficient (Wildman–Crippen LogP) is 4.66. The molecular formula is C28H35N5O6. The van der Waals surface area contributed by atoms with E-state index in [1.54, 1.807) is 11.1 Å².